The zero-order valence-electron chi connectivity index (χ0n) is 9.98. The number of carbonyl (C=O) groups is 2. The third-order valence-corrected chi connectivity index (χ3v) is 4.25. The monoisotopic (exact) mass is 257 g/mol. The van der Waals surface area contributed by atoms with E-state index >= 15 is 0 Å². The van der Waals surface area contributed by atoms with Gasteiger partial charge in [-0.1, -0.05) is 19.8 Å². The Morgan fingerprint density at radius 3 is 2.47 bits per heavy atom. The molecule has 6 heteroatoms. The van der Waals surface area contributed by atoms with E-state index < -0.39 is 15.9 Å². The van der Waals surface area contributed by atoms with E-state index in [9.17, 15) is 9.59 Å². The second-order valence-electron chi connectivity index (χ2n) is 4.65. The first-order valence-corrected chi connectivity index (χ1v) is 6.89. The second-order valence-corrected chi connectivity index (χ2v) is 5.31. The summed E-state index contributed by atoms with van der Waals surface area (Å²) in [6.45, 7) is 2.15. The van der Waals surface area contributed by atoms with Gasteiger partial charge in [0, 0.05) is 0 Å². The van der Waals surface area contributed by atoms with Crippen LogP contribution < -0.4 is 0 Å². The van der Waals surface area contributed by atoms with Gasteiger partial charge in [-0.3, -0.25) is 9.59 Å². The molecule has 2 rings (SSSR count). The van der Waals surface area contributed by atoms with Gasteiger partial charge < -0.3 is 13.1 Å². The summed E-state index contributed by atoms with van der Waals surface area (Å²) in [7, 11) is 0. The Bertz CT molecular complexity index is 294. The maximum atomic E-state index is 11.7. The average Bonchev–Trinajstić information content (AvgIpc) is 2.41. The lowest BCUT2D eigenvalue weighted by Crippen LogP contribution is -2.34. The Morgan fingerprint density at radius 2 is 1.82 bits per heavy atom. The van der Waals surface area contributed by atoms with Crippen LogP contribution in [-0.4, -0.2) is 33.3 Å². The topological polar surface area (TPSA) is 84.1 Å². The van der Waals surface area contributed by atoms with Crippen LogP contribution in [0.5, 0.6) is 0 Å². The molecule has 0 aromatic heterocycles. The van der Waals surface area contributed by atoms with E-state index in [0.717, 1.165) is 32.1 Å². The molecule has 1 aliphatic carbocycles. The van der Waals surface area contributed by atoms with Gasteiger partial charge in [0.15, 0.2) is 0 Å². The van der Waals surface area contributed by atoms with Crippen molar-refractivity contribution in [3.05, 3.63) is 0 Å². The van der Waals surface area contributed by atoms with Crippen LogP contribution in [0, 0.1) is 17.8 Å². The van der Waals surface area contributed by atoms with Crippen molar-refractivity contribution in [2.24, 2.45) is 17.8 Å². The van der Waals surface area contributed by atoms with Crippen LogP contribution in [0.1, 0.15) is 39.0 Å². The molecule has 1 heterocycles. The lowest BCUT2D eigenvalue weighted by atomic mass is 9.73. The molecule has 5 nitrogen and oxygen atoms in total. The molecule has 2 N–H and O–H groups in total. The maximum absolute atomic E-state index is 11.7. The van der Waals surface area contributed by atoms with Crippen LogP contribution >= 0.6 is 0 Å². The zero-order chi connectivity index (χ0) is 11.5. The fraction of sp³-hybridized carbons (Fsp3) is 0.818. The van der Waals surface area contributed by atoms with Crippen molar-refractivity contribution >= 4 is 27.8 Å². The second kappa shape index (κ2) is 6.39. The first kappa shape index (κ1) is 14.5. The molecule has 1 radical (unpaired) electrons. The summed E-state index contributed by atoms with van der Waals surface area (Å²) in [4.78, 5) is 23.3. The van der Waals surface area contributed by atoms with Gasteiger partial charge in [0.05, 0.1) is 11.8 Å². The highest BCUT2D eigenvalue weighted by Crippen LogP contribution is 2.38. The lowest BCUT2D eigenvalue weighted by molar-refractivity contribution is -0.148. The summed E-state index contributed by atoms with van der Waals surface area (Å²) in [5.41, 5.74) is 0. The Balaban J connectivity index is 0.00000144. The minimum absolute atomic E-state index is 0. The number of fused-ring (bicyclic) bond motifs is 1. The fourth-order valence-corrected chi connectivity index (χ4v) is 3.35. The molecule has 3 unspecified atom stereocenters. The summed E-state index contributed by atoms with van der Waals surface area (Å²) in [5, 5.41) is 0. The van der Waals surface area contributed by atoms with Gasteiger partial charge in [-0.2, -0.15) is 0 Å². The largest absolute Gasteiger partial charge is 0.885 e. The Labute approximate surface area is 108 Å². The van der Waals surface area contributed by atoms with E-state index in [2.05, 4.69) is 6.92 Å². The minimum Gasteiger partial charge on any atom is -0.589 e. The van der Waals surface area contributed by atoms with E-state index in [0.29, 0.717) is 5.92 Å². The van der Waals surface area contributed by atoms with E-state index in [4.69, 9.17) is 7.58 Å². The molecule has 0 amide bonds. The number of carbonyl (C=O) groups excluding carboxylic acids is 2. The van der Waals surface area contributed by atoms with Crippen LogP contribution in [0.2, 0.25) is 0 Å². The first-order chi connectivity index (χ1) is 7.72. The standard InChI is InChI=1S/C11H18O4.Al.H2O/c1-2-3-7-4-5-8(10(12)13)9(6-7)11(14)15;;/h7-9H,2-6H2,1H3,(H,12,13)(H,14,15);;1H2/q;+2;/p-2. The molecule has 0 aromatic rings. The summed E-state index contributed by atoms with van der Waals surface area (Å²) in [6, 6.07) is 0. The van der Waals surface area contributed by atoms with Crippen LogP contribution in [0.3, 0.4) is 0 Å². The van der Waals surface area contributed by atoms with Gasteiger partial charge in [-0.15, -0.1) is 0 Å². The molecule has 1 saturated carbocycles. The summed E-state index contributed by atoms with van der Waals surface area (Å²) in [5.74, 6) is -0.351. The molecule has 1 aliphatic heterocycles. The van der Waals surface area contributed by atoms with Crippen molar-refractivity contribution in [3.8, 4) is 0 Å². The Morgan fingerprint density at radius 1 is 1.18 bits per heavy atom. The fourth-order valence-electron chi connectivity index (χ4n) is 2.76. The number of hydrogen-bond donors (Lipinski definition) is 0. The predicted molar refractivity (Wildman–Crippen MR) is 60.8 cm³/mol. The highest BCUT2D eigenvalue weighted by molar-refractivity contribution is 6.27. The van der Waals surface area contributed by atoms with Crippen molar-refractivity contribution in [1.82, 2.24) is 0 Å². The normalized spacial score (nSPS) is 32.2. The SMILES string of the molecule is CCCC1CCC2C(=O)[O][Al][O]C(=O)C2C1.O. The van der Waals surface area contributed by atoms with Crippen molar-refractivity contribution in [2.75, 3.05) is 0 Å². The lowest BCUT2D eigenvalue weighted by Gasteiger charge is -2.32. The molecular formula is C11H18AlO5. The molecule has 3 atom stereocenters. The molecular weight excluding hydrogens is 239 g/mol. The summed E-state index contributed by atoms with van der Waals surface area (Å²) < 4.78 is 9.91. The highest BCUT2D eigenvalue weighted by Gasteiger charge is 2.43. The molecule has 0 bridgehead atoms. The molecule has 2 fully saturated rings. The van der Waals surface area contributed by atoms with Crippen LogP contribution in [0.15, 0.2) is 0 Å². The zero-order valence-corrected chi connectivity index (χ0v) is 11.1. The van der Waals surface area contributed by atoms with Crippen LogP contribution in [-0.2, 0) is 17.2 Å². The van der Waals surface area contributed by atoms with Gasteiger partial charge in [0.25, 0.3) is 11.9 Å². The highest BCUT2D eigenvalue weighted by atomic mass is 27.2. The van der Waals surface area contributed by atoms with Crippen molar-refractivity contribution in [1.29, 1.82) is 0 Å². The number of rotatable bonds is 2. The maximum Gasteiger partial charge on any atom is 0.885 e. The van der Waals surface area contributed by atoms with Gasteiger partial charge in [0.1, 0.15) is 0 Å². The molecule has 2 aliphatic rings. The summed E-state index contributed by atoms with van der Waals surface area (Å²) >= 11 is -0.924. The van der Waals surface area contributed by atoms with Crippen LogP contribution in [0.25, 0.3) is 0 Å². The van der Waals surface area contributed by atoms with Crippen molar-refractivity contribution in [2.45, 2.75) is 39.0 Å². The van der Waals surface area contributed by atoms with Crippen LogP contribution in [0.4, 0.5) is 0 Å². The minimum atomic E-state index is -0.924. The average molecular weight is 257 g/mol. The Hall–Kier alpha value is -0.568. The predicted octanol–water partition coefficient (Wildman–Crippen LogP) is 0.628. The van der Waals surface area contributed by atoms with E-state index in [1.165, 1.54) is 0 Å². The van der Waals surface area contributed by atoms with Gasteiger partial charge >= 0.3 is 15.9 Å². The van der Waals surface area contributed by atoms with E-state index in [1.807, 2.05) is 0 Å². The van der Waals surface area contributed by atoms with Gasteiger partial charge in [-0.25, -0.2) is 0 Å². The molecule has 95 valence electrons. The number of hydrogen-bond acceptors (Lipinski definition) is 4. The third kappa shape index (κ3) is 3.21. The summed E-state index contributed by atoms with van der Waals surface area (Å²) in [6.07, 6.45) is 4.88. The van der Waals surface area contributed by atoms with Crippen molar-refractivity contribution < 1.29 is 22.6 Å². The quantitative estimate of drug-likeness (QED) is 0.679. The smallest absolute Gasteiger partial charge is 0.589 e. The molecule has 0 aromatic carbocycles. The molecule has 0 spiro atoms. The first-order valence-electron chi connectivity index (χ1n) is 5.95. The molecule has 17 heavy (non-hydrogen) atoms. The third-order valence-electron chi connectivity index (χ3n) is 3.59. The Kier molecular flexibility index (Phi) is 5.45. The van der Waals surface area contributed by atoms with Gasteiger partial charge in [0.2, 0.25) is 0 Å². The van der Waals surface area contributed by atoms with E-state index in [-0.39, 0.29) is 29.3 Å². The van der Waals surface area contributed by atoms with E-state index in [1.54, 1.807) is 0 Å². The van der Waals surface area contributed by atoms with Crippen molar-refractivity contribution in [3.63, 3.8) is 0 Å². The van der Waals surface area contributed by atoms with Gasteiger partial charge in [-0.05, 0) is 25.2 Å². The molecule has 1 saturated heterocycles.